The van der Waals surface area contributed by atoms with Crippen LogP contribution >= 0.6 is 11.6 Å². The third kappa shape index (κ3) is 5.83. The van der Waals surface area contributed by atoms with Gasteiger partial charge in [0.2, 0.25) is 11.7 Å². The molecular weight excluding hydrogens is 484 g/mol. The fourth-order valence-electron chi connectivity index (χ4n) is 4.29. The van der Waals surface area contributed by atoms with Gasteiger partial charge in [-0.15, -0.1) is 0 Å². The zero-order valence-corrected chi connectivity index (χ0v) is 21.2. The van der Waals surface area contributed by atoms with Crippen LogP contribution in [0.25, 0.3) is 11.0 Å². The highest BCUT2D eigenvalue weighted by Crippen LogP contribution is 2.21. The Hall–Kier alpha value is -3.50. The molecule has 0 aliphatic carbocycles. The first-order valence-electron chi connectivity index (χ1n) is 11.8. The normalized spacial score (nSPS) is 14.7. The average molecular weight is 513 g/mol. The Morgan fingerprint density at radius 3 is 2.56 bits per heavy atom. The molecule has 3 heterocycles. The van der Waals surface area contributed by atoms with E-state index in [0.717, 1.165) is 25.9 Å². The second-order valence-electron chi connectivity index (χ2n) is 9.00. The van der Waals surface area contributed by atoms with Crippen molar-refractivity contribution in [3.63, 3.8) is 0 Å². The molecule has 1 aromatic carbocycles. The first-order chi connectivity index (χ1) is 17.2. The van der Waals surface area contributed by atoms with Crippen molar-refractivity contribution in [2.75, 3.05) is 25.5 Å². The summed E-state index contributed by atoms with van der Waals surface area (Å²) in [6, 6.07) is 8.45. The van der Waals surface area contributed by atoms with Crippen LogP contribution in [0.3, 0.4) is 0 Å². The fourth-order valence-corrected chi connectivity index (χ4v) is 4.40. The van der Waals surface area contributed by atoms with Gasteiger partial charge in [-0.2, -0.15) is 0 Å². The van der Waals surface area contributed by atoms with E-state index < -0.39 is 11.9 Å². The average Bonchev–Trinajstić information content (AvgIpc) is 3.22. The molecule has 1 saturated heterocycles. The lowest BCUT2D eigenvalue weighted by Crippen LogP contribution is -2.47. The lowest BCUT2D eigenvalue weighted by molar-refractivity contribution is -0.116. The number of halogens is 1. The molecule has 0 saturated carbocycles. The minimum atomic E-state index is -0.526. The molecule has 10 nitrogen and oxygen atoms in total. The molecule has 0 unspecified atom stereocenters. The number of esters is 1. The van der Waals surface area contributed by atoms with Crippen LogP contribution in [-0.2, 0) is 16.1 Å². The molecule has 36 heavy (non-hydrogen) atoms. The number of benzene rings is 1. The number of anilines is 1. The lowest BCUT2D eigenvalue weighted by atomic mass is 10.0. The third-order valence-corrected chi connectivity index (χ3v) is 6.49. The second kappa shape index (κ2) is 11.0. The van der Waals surface area contributed by atoms with Crippen molar-refractivity contribution < 1.29 is 19.1 Å². The molecular formula is C25H29ClN6O4. The van der Waals surface area contributed by atoms with E-state index >= 15 is 0 Å². The van der Waals surface area contributed by atoms with Crippen molar-refractivity contribution in [3.8, 4) is 0 Å². The zero-order chi connectivity index (χ0) is 25.8. The number of ether oxygens (including phenoxy) is 1. The molecule has 2 N–H and O–H groups in total. The van der Waals surface area contributed by atoms with E-state index in [4.69, 9.17) is 16.3 Å². The summed E-state index contributed by atoms with van der Waals surface area (Å²) in [5.41, 5.74) is 1.25. The van der Waals surface area contributed by atoms with Gasteiger partial charge in [0.25, 0.3) is 5.91 Å². The number of likely N-dealkylation sites (tertiary alicyclic amines) is 1. The lowest BCUT2D eigenvalue weighted by Gasteiger charge is -2.34. The molecule has 0 atom stereocenters. The van der Waals surface area contributed by atoms with Crippen LogP contribution in [-0.4, -0.2) is 69.5 Å². The van der Waals surface area contributed by atoms with Crippen LogP contribution < -0.4 is 10.6 Å². The van der Waals surface area contributed by atoms with E-state index in [0.29, 0.717) is 33.5 Å². The van der Waals surface area contributed by atoms with Crippen LogP contribution in [0.1, 0.15) is 47.7 Å². The number of carbonyl (C=O) groups excluding carboxylic acids is 3. The Morgan fingerprint density at radius 2 is 1.92 bits per heavy atom. The van der Waals surface area contributed by atoms with Crippen LogP contribution in [0.5, 0.6) is 0 Å². The van der Waals surface area contributed by atoms with Crippen LogP contribution in [0.15, 0.2) is 36.5 Å². The van der Waals surface area contributed by atoms with Gasteiger partial charge in [-0.3, -0.25) is 9.59 Å². The summed E-state index contributed by atoms with van der Waals surface area (Å²) in [6.07, 6.45) is 3.09. The van der Waals surface area contributed by atoms with Crippen molar-refractivity contribution in [2.24, 2.45) is 0 Å². The van der Waals surface area contributed by atoms with E-state index in [1.54, 1.807) is 30.3 Å². The number of pyridine rings is 1. The summed E-state index contributed by atoms with van der Waals surface area (Å²) >= 11 is 5.87. The molecule has 0 radical (unpaired) electrons. The van der Waals surface area contributed by atoms with Gasteiger partial charge < -0.3 is 24.8 Å². The number of fused-ring (bicyclic) bond motifs is 1. The molecule has 1 fully saturated rings. The van der Waals surface area contributed by atoms with Crippen LogP contribution in [0, 0.1) is 0 Å². The highest BCUT2D eigenvalue weighted by atomic mass is 35.5. The number of methoxy groups -OCH3 is 1. The van der Waals surface area contributed by atoms with Crippen molar-refractivity contribution in [1.82, 2.24) is 24.8 Å². The predicted octanol–water partition coefficient (Wildman–Crippen LogP) is 3.11. The number of hydrogen-bond donors (Lipinski definition) is 2. The maximum atomic E-state index is 13.3. The highest BCUT2D eigenvalue weighted by Gasteiger charge is 2.26. The first-order valence-corrected chi connectivity index (χ1v) is 12.2. The van der Waals surface area contributed by atoms with Crippen molar-refractivity contribution in [2.45, 2.75) is 45.3 Å². The molecule has 3 aromatic rings. The summed E-state index contributed by atoms with van der Waals surface area (Å²) < 4.78 is 6.33. The van der Waals surface area contributed by atoms with E-state index in [-0.39, 0.29) is 24.3 Å². The number of amides is 2. The molecule has 0 bridgehead atoms. The molecule has 1 aliphatic heterocycles. The Morgan fingerprint density at radius 1 is 1.17 bits per heavy atom. The van der Waals surface area contributed by atoms with Crippen LogP contribution in [0.4, 0.5) is 5.82 Å². The van der Waals surface area contributed by atoms with Gasteiger partial charge in [-0.1, -0.05) is 11.6 Å². The second-order valence-corrected chi connectivity index (χ2v) is 9.44. The molecule has 2 amide bonds. The van der Waals surface area contributed by atoms with Gasteiger partial charge in [-0.05, 0) is 57.0 Å². The maximum absolute atomic E-state index is 13.3. The topological polar surface area (TPSA) is 118 Å². The Labute approximate surface area is 214 Å². The van der Waals surface area contributed by atoms with Crippen molar-refractivity contribution in [3.05, 3.63) is 52.9 Å². The summed E-state index contributed by atoms with van der Waals surface area (Å²) in [7, 11) is 1.29. The number of hydrogen-bond acceptors (Lipinski definition) is 7. The third-order valence-electron chi connectivity index (χ3n) is 6.26. The van der Waals surface area contributed by atoms with E-state index in [1.807, 2.05) is 0 Å². The summed E-state index contributed by atoms with van der Waals surface area (Å²) in [4.78, 5) is 49.3. The quantitative estimate of drug-likeness (QED) is 0.467. The number of piperidine rings is 1. The number of rotatable bonds is 7. The summed E-state index contributed by atoms with van der Waals surface area (Å²) in [5.74, 6) is -0.884. The van der Waals surface area contributed by atoms with Gasteiger partial charge in [-0.25, -0.2) is 14.8 Å². The molecule has 2 aromatic heterocycles. The molecule has 4 rings (SSSR count). The molecule has 1 aliphatic rings. The number of carbonyl (C=O) groups is 3. The SMILES string of the molecule is COC(=O)c1ccc2nc(C(=O)NC3CCN(C(C)C)CC3)n(CC(=O)Nc3ccc(Cl)cn3)c2c1. The van der Waals surface area contributed by atoms with Crippen LogP contribution in [0.2, 0.25) is 5.02 Å². The van der Waals surface area contributed by atoms with Gasteiger partial charge in [0.05, 0.1) is 28.7 Å². The van der Waals surface area contributed by atoms with Gasteiger partial charge in [0, 0.05) is 31.4 Å². The number of imidazole rings is 1. The molecule has 190 valence electrons. The van der Waals surface area contributed by atoms with E-state index in [9.17, 15) is 14.4 Å². The van der Waals surface area contributed by atoms with Gasteiger partial charge in [0.15, 0.2) is 0 Å². The minimum Gasteiger partial charge on any atom is -0.465 e. The smallest absolute Gasteiger partial charge is 0.337 e. The summed E-state index contributed by atoms with van der Waals surface area (Å²) in [5, 5.41) is 6.22. The van der Waals surface area contributed by atoms with Crippen molar-refractivity contribution in [1.29, 1.82) is 0 Å². The summed E-state index contributed by atoms with van der Waals surface area (Å²) in [6.45, 7) is 5.92. The minimum absolute atomic E-state index is 0.0125. The van der Waals surface area contributed by atoms with Gasteiger partial charge >= 0.3 is 5.97 Å². The first kappa shape index (κ1) is 25.6. The van der Waals surface area contributed by atoms with Gasteiger partial charge in [0.1, 0.15) is 12.4 Å². The highest BCUT2D eigenvalue weighted by molar-refractivity contribution is 6.30. The zero-order valence-electron chi connectivity index (χ0n) is 20.5. The standard InChI is InChI=1S/C25H29ClN6O4/c1-15(2)31-10-8-18(9-11-31)28-24(34)23-29-19-6-4-16(25(35)36-3)12-20(19)32(23)14-22(33)30-21-7-5-17(26)13-27-21/h4-7,12-13,15,18H,8-11,14H2,1-3H3,(H,28,34)(H,27,30,33). The monoisotopic (exact) mass is 512 g/mol. The largest absolute Gasteiger partial charge is 0.465 e. The van der Waals surface area contributed by atoms with Crippen molar-refractivity contribution >= 4 is 46.2 Å². The molecule has 0 spiro atoms. The van der Waals surface area contributed by atoms with E-state index in [2.05, 4.69) is 39.3 Å². The molecule has 11 heteroatoms. The Bertz CT molecular complexity index is 1270. The number of aromatic nitrogens is 3. The van der Waals surface area contributed by atoms with E-state index in [1.165, 1.54) is 17.9 Å². The Kier molecular flexibility index (Phi) is 7.85. The number of nitrogens with zero attached hydrogens (tertiary/aromatic N) is 4. The number of nitrogens with one attached hydrogen (secondary N) is 2. The maximum Gasteiger partial charge on any atom is 0.337 e. The predicted molar refractivity (Wildman–Crippen MR) is 136 cm³/mol. The Balaban J connectivity index is 1.60. The fraction of sp³-hybridized carbons (Fsp3) is 0.400.